The summed E-state index contributed by atoms with van der Waals surface area (Å²) in [5.41, 5.74) is 5.04. The molecule has 0 aliphatic carbocycles. The van der Waals surface area contributed by atoms with E-state index in [2.05, 4.69) is 25.2 Å². The minimum atomic E-state index is 0.00451. The molecule has 0 fully saturated rings. The van der Waals surface area contributed by atoms with Gasteiger partial charge in [-0.3, -0.25) is 9.48 Å². The number of nitrogens with zero attached hydrogens (tertiary/aromatic N) is 5. The van der Waals surface area contributed by atoms with E-state index in [1.54, 1.807) is 0 Å². The fourth-order valence-corrected chi connectivity index (χ4v) is 4.08. The Bertz CT molecular complexity index is 1030. The van der Waals surface area contributed by atoms with Crippen molar-refractivity contribution < 1.29 is 4.79 Å². The first-order chi connectivity index (χ1) is 14.0. The number of carbonyl (C=O) groups excluding carboxylic acids is 1. The fraction of sp³-hybridized carbons (Fsp3) is 0.455. The van der Waals surface area contributed by atoms with Crippen molar-refractivity contribution >= 4 is 11.6 Å². The summed E-state index contributed by atoms with van der Waals surface area (Å²) in [5, 5.41) is 16.3. The summed E-state index contributed by atoms with van der Waals surface area (Å²) in [4.78, 5) is 12.5. The number of amides is 1. The second-order valence-corrected chi connectivity index (χ2v) is 7.80. The van der Waals surface area contributed by atoms with Gasteiger partial charge in [0.2, 0.25) is 5.91 Å². The van der Waals surface area contributed by atoms with Gasteiger partial charge in [0.05, 0.1) is 5.69 Å². The maximum atomic E-state index is 12.5. The molecule has 1 aliphatic rings. The van der Waals surface area contributed by atoms with E-state index in [9.17, 15) is 4.79 Å². The van der Waals surface area contributed by atoms with Crippen LogP contribution in [0.5, 0.6) is 0 Å². The predicted octanol–water partition coefficient (Wildman–Crippen LogP) is 3.59. The van der Waals surface area contributed by atoms with Crippen molar-refractivity contribution in [2.45, 2.75) is 58.9 Å². The highest BCUT2D eigenvalue weighted by molar-refractivity contribution is 5.91. The first-order valence-corrected chi connectivity index (χ1v) is 10.3. The average molecular weight is 393 g/mol. The van der Waals surface area contributed by atoms with Crippen molar-refractivity contribution in [1.82, 2.24) is 24.5 Å². The molecule has 0 bridgehead atoms. The van der Waals surface area contributed by atoms with E-state index in [0.717, 1.165) is 59.2 Å². The van der Waals surface area contributed by atoms with E-state index in [-0.39, 0.29) is 5.91 Å². The van der Waals surface area contributed by atoms with Crippen LogP contribution in [-0.2, 0) is 31.2 Å². The highest BCUT2D eigenvalue weighted by Gasteiger charge is 2.17. The van der Waals surface area contributed by atoms with Gasteiger partial charge in [0.25, 0.3) is 0 Å². The molecule has 1 aromatic carbocycles. The first kappa shape index (κ1) is 19.4. The van der Waals surface area contributed by atoms with Gasteiger partial charge in [0, 0.05) is 43.4 Å². The van der Waals surface area contributed by atoms with Crippen molar-refractivity contribution in [1.29, 1.82) is 0 Å². The molecule has 4 rings (SSSR count). The van der Waals surface area contributed by atoms with E-state index < -0.39 is 0 Å². The van der Waals surface area contributed by atoms with E-state index >= 15 is 0 Å². The minimum Gasteiger partial charge on any atom is -0.326 e. The van der Waals surface area contributed by atoms with E-state index in [4.69, 9.17) is 0 Å². The molecule has 2 aromatic heterocycles. The second-order valence-electron chi connectivity index (χ2n) is 7.80. The summed E-state index contributed by atoms with van der Waals surface area (Å²) in [6.07, 6.45) is 5.66. The highest BCUT2D eigenvalue weighted by Crippen LogP contribution is 2.25. The molecule has 1 amide bonds. The van der Waals surface area contributed by atoms with Crippen molar-refractivity contribution in [3.05, 3.63) is 47.0 Å². The van der Waals surface area contributed by atoms with Crippen LogP contribution in [0.4, 0.5) is 5.69 Å². The molecule has 29 heavy (non-hydrogen) atoms. The lowest BCUT2D eigenvalue weighted by Crippen LogP contribution is -2.13. The van der Waals surface area contributed by atoms with Gasteiger partial charge in [-0.15, -0.1) is 10.2 Å². The number of carbonyl (C=O) groups is 1. The first-order valence-electron chi connectivity index (χ1n) is 10.3. The zero-order valence-corrected chi connectivity index (χ0v) is 17.4. The Kier molecular flexibility index (Phi) is 5.47. The fourth-order valence-electron chi connectivity index (χ4n) is 4.08. The number of aryl methyl sites for hydroxylation is 3. The molecule has 152 valence electrons. The Morgan fingerprint density at radius 1 is 1.17 bits per heavy atom. The van der Waals surface area contributed by atoms with Crippen LogP contribution in [0.2, 0.25) is 0 Å². The Balaban J connectivity index is 1.45. The Labute approximate surface area is 171 Å². The maximum absolute atomic E-state index is 12.5. The lowest BCUT2D eigenvalue weighted by atomic mass is 10.1. The van der Waals surface area contributed by atoms with Crippen molar-refractivity contribution in [3.8, 4) is 11.4 Å². The second kappa shape index (κ2) is 8.19. The predicted molar refractivity (Wildman–Crippen MR) is 113 cm³/mol. The molecule has 0 spiro atoms. The lowest BCUT2D eigenvalue weighted by molar-refractivity contribution is -0.116. The van der Waals surface area contributed by atoms with Crippen LogP contribution < -0.4 is 5.32 Å². The summed E-state index contributed by atoms with van der Waals surface area (Å²) >= 11 is 0. The average Bonchev–Trinajstić information content (AvgIpc) is 3.10. The minimum absolute atomic E-state index is 0.00451. The van der Waals surface area contributed by atoms with Crippen LogP contribution in [0.1, 0.15) is 48.5 Å². The van der Waals surface area contributed by atoms with E-state index in [0.29, 0.717) is 12.8 Å². The molecule has 3 aromatic rings. The van der Waals surface area contributed by atoms with Gasteiger partial charge in [0.15, 0.2) is 5.82 Å². The molecule has 0 radical (unpaired) electrons. The number of aromatic nitrogens is 5. The Morgan fingerprint density at radius 2 is 2.03 bits per heavy atom. The monoisotopic (exact) mass is 392 g/mol. The lowest BCUT2D eigenvalue weighted by Gasteiger charge is -2.10. The molecule has 0 saturated carbocycles. The zero-order chi connectivity index (χ0) is 20.4. The van der Waals surface area contributed by atoms with Gasteiger partial charge < -0.3 is 9.88 Å². The van der Waals surface area contributed by atoms with Gasteiger partial charge in [-0.25, -0.2) is 0 Å². The van der Waals surface area contributed by atoms with Gasteiger partial charge >= 0.3 is 0 Å². The van der Waals surface area contributed by atoms with E-state index in [1.165, 1.54) is 12.8 Å². The SMILES string of the molecule is Cc1nn(C)c(C)c1CCC(=O)Nc1cccc(-c2nnc3n2CCCCC3)c1. The van der Waals surface area contributed by atoms with Crippen molar-refractivity contribution in [2.24, 2.45) is 7.05 Å². The summed E-state index contributed by atoms with van der Waals surface area (Å²) in [6, 6.07) is 7.89. The molecular formula is C22H28N6O. The topological polar surface area (TPSA) is 77.6 Å². The smallest absolute Gasteiger partial charge is 0.224 e. The standard InChI is InChI=1S/C22H28N6O/c1-15-19(16(2)27(3)26-15)11-12-21(29)23-18-9-7-8-17(14-18)22-25-24-20-10-5-4-6-13-28(20)22/h7-9,14H,4-6,10-13H2,1-3H3,(H,23,29). The summed E-state index contributed by atoms with van der Waals surface area (Å²) in [7, 11) is 1.93. The van der Waals surface area contributed by atoms with Crippen molar-refractivity contribution in [3.63, 3.8) is 0 Å². The number of fused-ring (bicyclic) bond motifs is 1. The van der Waals surface area contributed by atoms with Gasteiger partial charge in [-0.05, 0) is 50.8 Å². The maximum Gasteiger partial charge on any atom is 0.224 e. The number of rotatable bonds is 5. The molecule has 0 saturated heterocycles. The Morgan fingerprint density at radius 3 is 2.83 bits per heavy atom. The molecule has 1 N–H and O–H groups in total. The third kappa shape index (κ3) is 4.09. The molecule has 3 heterocycles. The molecule has 0 unspecified atom stereocenters. The van der Waals surface area contributed by atoms with Crippen molar-refractivity contribution in [2.75, 3.05) is 5.32 Å². The van der Waals surface area contributed by atoms with Gasteiger partial charge in [-0.2, -0.15) is 5.10 Å². The van der Waals surface area contributed by atoms with Crippen LogP contribution in [0, 0.1) is 13.8 Å². The number of benzene rings is 1. The molecule has 7 heteroatoms. The normalized spacial score (nSPS) is 13.8. The molecular weight excluding hydrogens is 364 g/mol. The Hall–Kier alpha value is -2.96. The number of hydrogen-bond donors (Lipinski definition) is 1. The van der Waals surface area contributed by atoms with Gasteiger partial charge in [-0.1, -0.05) is 18.6 Å². The quantitative estimate of drug-likeness (QED) is 0.720. The highest BCUT2D eigenvalue weighted by atomic mass is 16.1. The summed E-state index contributed by atoms with van der Waals surface area (Å²) < 4.78 is 4.09. The third-order valence-corrected chi connectivity index (χ3v) is 5.77. The number of nitrogens with one attached hydrogen (secondary N) is 1. The van der Waals surface area contributed by atoms with Crippen LogP contribution >= 0.6 is 0 Å². The third-order valence-electron chi connectivity index (χ3n) is 5.77. The number of anilines is 1. The summed E-state index contributed by atoms with van der Waals surface area (Å²) in [6.45, 7) is 4.99. The molecule has 0 atom stereocenters. The molecule has 7 nitrogen and oxygen atoms in total. The van der Waals surface area contributed by atoms with E-state index in [1.807, 2.05) is 49.8 Å². The zero-order valence-electron chi connectivity index (χ0n) is 17.4. The van der Waals surface area contributed by atoms with Crippen LogP contribution in [-0.4, -0.2) is 30.5 Å². The molecule has 1 aliphatic heterocycles. The van der Waals surface area contributed by atoms with Gasteiger partial charge in [0.1, 0.15) is 5.82 Å². The summed E-state index contributed by atoms with van der Waals surface area (Å²) in [5.74, 6) is 1.96. The largest absolute Gasteiger partial charge is 0.326 e. The van der Waals surface area contributed by atoms with Crippen LogP contribution in [0.15, 0.2) is 24.3 Å². The van der Waals surface area contributed by atoms with Crippen LogP contribution in [0.25, 0.3) is 11.4 Å². The number of hydrogen-bond acceptors (Lipinski definition) is 4. The van der Waals surface area contributed by atoms with Crippen LogP contribution in [0.3, 0.4) is 0 Å².